The van der Waals surface area contributed by atoms with Crippen molar-refractivity contribution in [1.82, 2.24) is 10.3 Å². The molecule has 0 aliphatic carbocycles. The number of nitrogens with one attached hydrogen (secondary N) is 1. The molecule has 0 saturated heterocycles. The number of amides is 1. The molecule has 1 atom stereocenters. The van der Waals surface area contributed by atoms with Crippen molar-refractivity contribution >= 4 is 5.91 Å². The lowest BCUT2D eigenvalue weighted by Gasteiger charge is -2.17. The highest BCUT2D eigenvalue weighted by Gasteiger charge is 2.14. The number of carbonyl (C=O) groups is 1. The molecule has 0 saturated carbocycles. The van der Waals surface area contributed by atoms with E-state index in [1.165, 1.54) is 11.1 Å². The van der Waals surface area contributed by atoms with Crippen LogP contribution in [-0.4, -0.2) is 10.9 Å². The minimum Gasteiger partial charge on any atom is -0.348 e. The lowest BCUT2D eigenvalue weighted by molar-refractivity contribution is -0.121. The van der Waals surface area contributed by atoms with Crippen molar-refractivity contribution in [3.05, 3.63) is 65.0 Å². The van der Waals surface area contributed by atoms with Crippen LogP contribution >= 0.6 is 0 Å². The minimum atomic E-state index is -0.00993. The van der Waals surface area contributed by atoms with Crippen LogP contribution in [0.15, 0.2) is 42.6 Å². The third-order valence-corrected chi connectivity index (χ3v) is 3.92. The van der Waals surface area contributed by atoms with Crippen molar-refractivity contribution in [2.45, 2.75) is 46.1 Å². The summed E-state index contributed by atoms with van der Waals surface area (Å²) in [5.74, 6) is 0.0819. The lowest BCUT2D eigenvalue weighted by atomic mass is 10.0. The van der Waals surface area contributed by atoms with E-state index in [-0.39, 0.29) is 11.9 Å². The van der Waals surface area contributed by atoms with Crippen LogP contribution in [0.2, 0.25) is 0 Å². The number of hydrogen-bond donors (Lipinski definition) is 1. The van der Waals surface area contributed by atoms with E-state index in [2.05, 4.69) is 36.3 Å². The highest BCUT2D eigenvalue weighted by atomic mass is 16.1. The van der Waals surface area contributed by atoms with Gasteiger partial charge in [-0.15, -0.1) is 0 Å². The molecule has 1 amide bonds. The van der Waals surface area contributed by atoms with Crippen molar-refractivity contribution in [3.8, 4) is 0 Å². The molecular weight excluding hydrogens is 272 g/mol. The molecular formula is C19H24N2O. The van der Waals surface area contributed by atoms with Crippen LogP contribution in [0.25, 0.3) is 0 Å². The van der Waals surface area contributed by atoms with Gasteiger partial charge in [0.25, 0.3) is 0 Å². The molecule has 2 rings (SSSR count). The molecule has 0 aliphatic rings. The first-order valence-electron chi connectivity index (χ1n) is 7.86. The number of rotatable bonds is 6. The van der Waals surface area contributed by atoms with Gasteiger partial charge in [0.1, 0.15) is 0 Å². The van der Waals surface area contributed by atoms with Gasteiger partial charge in [-0.3, -0.25) is 9.78 Å². The van der Waals surface area contributed by atoms with Crippen LogP contribution in [-0.2, 0) is 11.2 Å². The number of hydrogen-bond acceptors (Lipinski definition) is 2. The molecule has 0 unspecified atom stereocenters. The van der Waals surface area contributed by atoms with E-state index < -0.39 is 0 Å². The number of pyridine rings is 1. The van der Waals surface area contributed by atoms with E-state index in [0.717, 1.165) is 24.1 Å². The van der Waals surface area contributed by atoms with Crippen LogP contribution in [0.5, 0.6) is 0 Å². The quantitative estimate of drug-likeness (QED) is 0.878. The Morgan fingerprint density at radius 3 is 2.68 bits per heavy atom. The van der Waals surface area contributed by atoms with E-state index in [1.807, 2.05) is 31.2 Å². The Morgan fingerprint density at radius 2 is 2.00 bits per heavy atom. The van der Waals surface area contributed by atoms with E-state index in [9.17, 15) is 4.79 Å². The van der Waals surface area contributed by atoms with Gasteiger partial charge >= 0.3 is 0 Å². The van der Waals surface area contributed by atoms with Gasteiger partial charge in [-0.2, -0.15) is 0 Å². The topological polar surface area (TPSA) is 42.0 Å². The third-order valence-electron chi connectivity index (χ3n) is 3.92. The van der Waals surface area contributed by atoms with Gasteiger partial charge in [-0.1, -0.05) is 31.2 Å². The Hall–Kier alpha value is -2.16. The lowest BCUT2D eigenvalue weighted by Crippen LogP contribution is -2.29. The zero-order valence-corrected chi connectivity index (χ0v) is 13.6. The van der Waals surface area contributed by atoms with Gasteiger partial charge in [-0.05, 0) is 55.5 Å². The van der Waals surface area contributed by atoms with Crippen LogP contribution in [0.4, 0.5) is 0 Å². The standard InChI is InChI=1S/C19H24N2O/c1-4-17(18-13-14(2)11-12-20-18)21-19(22)10-9-16-8-6-5-7-15(16)3/h5-8,11-13,17H,4,9-10H2,1-3H3,(H,21,22)/t17-/m0/s1. The summed E-state index contributed by atoms with van der Waals surface area (Å²) >= 11 is 0. The third kappa shape index (κ3) is 4.42. The zero-order chi connectivity index (χ0) is 15.9. The molecule has 1 aromatic carbocycles. The maximum Gasteiger partial charge on any atom is 0.220 e. The Labute approximate surface area is 132 Å². The Balaban J connectivity index is 1.94. The summed E-state index contributed by atoms with van der Waals surface area (Å²) in [6, 6.07) is 12.2. The van der Waals surface area contributed by atoms with Crippen molar-refractivity contribution in [2.24, 2.45) is 0 Å². The van der Waals surface area contributed by atoms with Gasteiger partial charge < -0.3 is 5.32 Å². The van der Waals surface area contributed by atoms with E-state index in [1.54, 1.807) is 6.20 Å². The fraction of sp³-hybridized carbons (Fsp3) is 0.368. The predicted molar refractivity (Wildman–Crippen MR) is 89.6 cm³/mol. The molecule has 1 aromatic heterocycles. The van der Waals surface area contributed by atoms with E-state index in [0.29, 0.717) is 6.42 Å². The summed E-state index contributed by atoms with van der Waals surface area (Å²) in [5.41, 5.74) is 4.58. The molecule has 0 radical (unpaired) electrons. The molecule has 3 heteroatoms. The second-order valence-electron chi connectivity index (χ2n) is 5.71. The van der Waals surface area contributed by atoms with Gasteiger partial charge in [0.05, 0.1) is 11.7 Å². The highest BCUT2D eigenvalue weighted by molar-refractivity contribution is 5.76. The Bertz CT molecular complexity index is 637. The van der Waals surface area contributed by atoms with Gasteiger partial charge in [0, 0.05) is 12.6 Å². The molecule has 2 aromatic rings. The Kier molecular flexibility index (Phi) is 5.70. The zero-order valence-electron chi connectivity index (χ0n) is 13.6. The number of aromatic nitrogens is 1. The van der Waals surface area contributed by atoms with Crippen molar-refractivity contribution in [2.75, 3.05) is 0 Å². The number of aryl methyl sites for hydroxylation is 3. The first-order chi connectivity index (χ1) is 10.6. The fourth-order valence-corrected chi connectivity index (χ4v) is 2.54. The SMILES string of the molecule is CC[C@H](NC(=O)CCc1ccccc1C)c1cc(C)ccn1. The highest BCUT2D eigenvalue weighted by Crippen LogP contribution is 2.16. The van der Waals surface area contributed by atoms with Crippen molar-refractivity contribution in [3.63, 3.8) is 0 Å². The predicted octanol–water partition coefficient (Wildman–Crippen LogP) is 3.90. The van der Waals surface area contributed by atoms with Gasteiger partial charge in [-0.25, -0.2) is 0 Å². The summed E-state index contributed by atoms with van der Waals surface area (Å²) in [4.78, 5) is 16.6. The molecule has 0 aliphatic heterocycles. The molecule has 0 fully saturated rings. The summed E-state index contributed by atoms with van der Waals surface area (Å²) in [5, 5.41) is 3.10. The van der Waals surface area contributed by atoms with Crippen molar-refractivity contribution in [1.29, 1.82) is 0 Å². The summed E-state index contributed by atoms with van der Waals surface area (Å²) in [6.07, 6.45) is 3.92. The average molecular weight is 296 g/mol. The van der Waals surface area contributed by atoms with E-state index in [4.69, 9.17) is 0 Å². The number of nitrogens with zero attached hydrogens (tertiary/aromatic N) is 1. The molecule has 116 valence electrons. The maximum atomic E-state index is 12.2. The molecule has 3 nitrogen and oxygen atoms in total. The van der Waals surface area contributed by atoms with Crippen LogP contribution in [0, 0.1) is 13.8 Å². The number of carbonyl (C=O) groups excluding carboxylic acids is 1. The van der Waals surface area contributed by atoms with E-state index >= 15 is 0 Å². The van der Waals surface area contributed by atoms with Crippen molar-refractivity contribution < 1.29 is 4.79 Å². The monoisotopic (exact) mass is 296 g/mol. The first kappa shape index (κ1) is 16.2. The second kappa shape index (κ2) is 7.74. The average Bonchev–Trinajstić information content (AvgIpc) is 2.52. The normalized spacial score (nSPS) is 12.0. The summed E-state index contributed by atoms with van der Waals surface area (Å²) in [7, 11) is 0. The van der Waals surface area contributed by atoms with Crippen LogP contribution in [0.3, 0.4) is 0 Å². The molecule has 1 heterocycles. The smallest absolute Gasteiger partial charge is 0.220 e. The Morgan fingerprint density at radius 1 is 1.23 bits per heavy atom. The molecule has 0 bridgehead atoms. The maximum absolute atomic E-state index is 12.2. The molecule has 0 spiro atoms. The number of benzene rings is 1. The largest absolute Gasteiger partial charge is 0.348 e. The van der Waals surface area contributed by atoms with Crippen LogP contribution in [0.1, 0.15) is 48.2 Å². The molecule has 22 heavy (non-hydrogen) atoms. The summed E-state index contributed by atoms with van der Waals surface area (Å²) in [6.45, 7) is 6.19. The minimum absolute atomic E-state index is 0.00993. The van der Waals surface area contributed by atoms with Crippen LogP contribution < -0.4 is 5.32 Å². The fourth-order valence-electron chi connectivity index (χ4n) is 2.54. The molecule has 1 N–H and O–H groups in total. The second-order valence-corrected chi connectivity index (χ2v) is 5.71. The van der Waals surface area contributed by atoms with Gasteiger partial charge in [0.2, 0.25) is 5.91 Å². The first-order valence-corrected chi connectivity index (χ1v) is 7.86. The summed E-state index contributed by atoms with van der Waals surface area (Å²) < 4.78 is 0. The van der Waals surface area contributed by atoms with Gasteiger partial charge in [0.15, 0.2) is 0 Å².